The first kappa shape index (κ1) is 10.7. The third kappa shape index (κ3) is 2.41. The van der Waals surface area contributed by atoms with E-state index in [1.165, 1.54) is 11.1 Å². The molecule has 2 aromatic rings. The average molecular weight is 212 g/mol. The highest BCUT2D eigenvalue weighted by atomic mass is 14.8. The van der Waals surface area contributed by atoms with Gasteiger partial charge in [0.05, 0.1) is 0 Å². The van der Waals surface area contributed by atoms with Crippen LogP contribution in [-0.4, -0.2) is 7.05 Å². The van der Waals surface area contributed by atoms with Crippen molar-refractivity contribution in [2.24, 2.45) is 0 Å². The molecule has 2 rings (SSSR count). The fourth-order valence-electron chi connectivity index (χ4n) is 1.74. The van der Waals surface area contributed by atoms with Crippen molar-refractivity contribution in [3.05, 3.63) is 54.1 Å². The first-order valence-corrected chi connectivity index (χ1v) is 5.39. The van der Waals surface area contributed by atoms with E-state index in [1.54, 1.807) is 0 Å². The monoisotopic (exact) mass is 212 g/mol. The Labute approximate surface area is 96.1 Å². The first-order valence-electron chi connectivity index (χ1n) is 5.39. The highest BCUT2D eigenvalue weighted by molar-refractivity contribution is 5.67. The van der Waals surface area contributed by atoms with E-state index in [0.29, 0.717) is 0 Å². The summed E-state index contributed by atoms with van der Waals surface area (Å²) in [6.45, 7) is 0.900. The molecule has 0 saturated carbocycles. The molecular formula is C14H16N2. The van der Waals surface area contributed by atoms with Crippen molar-refractivity contribution in [2.45, 2.75) is 6.54 Å². The summed E-state index contributed by atoms with van der Waals surface area (Å²) in [4.78, 5) is 0. The van der Waals surface area contributed by atoms with E-state index in [0.717, 1.165) is 17.8 Å². The number of benzene rings is 2. The highest BCUT2D eigenvalue weighted by Gasteiger charge is 1.98. The highest BCUT2D eigenvalue weighted by Crippen LogP contribution is 2.21. The first-order chi connectivity index (χ1) is 7.79. The van der Waals surface area contributed by atoms with Crippen molar-refractivity contribution < 1.29 is 0 Å². The molecule has 3 N–H and O–H groups in total. The van der Waals surface area contributed by atoms with Gasteiger partial charge in [-0.1, -0.05) is 36.4 Å². The van der Waals surface area contributed by atoms with Gasteiger partial charge in [-0.2, -0.15) is 0 Å². The standard InChI is InChI=1S/C14H16N2/c1-16-10-11-5-7-12(8-6-11)13-3-2-4-14(15)9-13/h2-9,16H,10,15H2,1H3. The van der Waals surface area contributed by atoms with Crippen LogP contribution in [0.1, 0.15) is 5.56 Å². The second-order valence-corrected chi connectivity index (χ2v) is 3.85. The van der Waals surface area contributed by atoms with E-state index in [4.69, 9.17) is 5.73 Å². The Morgan fingerprint density at radius 1 is 1.00 bits per heavy atom. The van der Waals surface area contributed by atoms with Gasteiger partial charge in [0.2, 0.25) is 0 Å². The van der Waals surface area contributed by atoms with Crippen LogP contribution >= 0.6 is 0 Å². The van der Waals surface area contributed by atoms with Crippen LogP contribution in [0.3, 0.4) is 0 Å². The molecule has 0 saturated heterocycles. The zero-order valence-corrected chi connectivity index (χ0v) is 9.40. The van der Waals surface area contributed by atoms with Crippen LogP contribution in [-0.2, 0) is 6.54 Å². The lowest BCUT2D eigenvalue weighted by molar-refractivity contribution is 0.818. The lowest BCUT2D eigenvalue weighted by Crippen LogP contribution is -2.04. The molecule has 0 fully saturated rings. The van der Waals surface area contributed by atoms with E-state index in [9.17, 15) is 0 Å². The Kier molecular flexibility index (Phi) is 3.22. The Morgan fingerprint density at radius 2 is 1.75 bits per heavy atom. The molecule has 0 aromatic heterocycles. The van der Waals surface area contributed by atoms with E-state index in [-0.39, 0.29) is 0 Å². The summed E-state index contributed by atoms with van der Waals surface area (Å²) >= 11 is 0. The predicted molar refractivity (Wildman–Crippen MR) is 69.1 cm³/mol. The molecule has 0 heterocycles. The second kappa shape index (κ2) is 4.81. The zero-order valence-electron chi connectivity index (χ0n) is 9.40. The fraction of sp³-hybridized carbons (Fsp3) is 0.143. The van der Waals surface area contributed by atoms with Gasteiger partial charge in [0.1, 0.15) is 0 Å². The Balaban J connectivity index is 2.27. The number of anilines is 1. The third-order valence-electron chi connectivity index (χ3n) is 2.55. The molecule has 82 valence electrons. The molecule has 0 amide bonds. The van der Waals surface area contributed by atoms with Crippen molar-refractivity contribution >= 4 is 5.69 Å². The van der Waals surface area contributed by atoms with Gasteiger partial charge in [0, 0.05) is 12.2 Å². The SMILES string of the molecule is CNCc1ccc(-c2cccc(N)c2)cc1. The number of nitrogen functional groups attached to an aromatic ring is 1. The predicted octanol–water partition coefficient (Wildman–Crippen LogP) is 2.66. The minimum atomic E-state index is 0.803. The second-order valence-electron chi connectivity index (χ2n) is 3.85. The zero-order chi connectivity index (χ0) is 11.4. The van der Waals surface area contributed by atoms with E-state index in [2.05, 4.69) is 35.6 Å². The molecule has 0 atom stereocenters. The topological polar surface area (TPSA) is 38.0 Å². The lowest BCUT2D eigenvalue weighted by Gasteiger charge is -2.05. The summed E-state index contributed by atoms with van der Waals surface area (Å²) in [5.74, 6) is 0. The van der Waals surface area contributed by atoms with Gasteiger partial charge >= 0.3 is 0 Å². The minimum absolute atomic E-state index is 0.803. The largest absolute Gasteiger partial charge is 0.399 e. The van der Waals surface area contributed by atoms with Gasteiger partial charge in [-0.25, -0.2) is 0 Å². The number of hydrogen-bond acceptors (Lipinski definition) is 2. The van der Waals surface area contributed by atoms with Gasteiger partial charge in [0.25, 0.3) is 0 Å². The molecule has 2 nitrogen and oxygen atoms in total. The van der Waals surface area contributed by atoms with Gasteiger partial charge < -0.3 is 11.1 Å². The minimum Gasteiger partial charge on any atom is -0.399 e. The molecular weight excluding hydrogens is 196 g/mol. The Bertz CT molecular complexity index is 460. The fourth-order valence-corrected chi connectivity index (χ4v) is 1.74. The molecule has 0 aliphatic carbocycles. The quantitative estimate of drug-likeness (QED) is 0.768. The molecule has 0 aliphatic rings. The van der Waals surface area contributed by atoms with Crippen molar-refractivity contribution in [2.75, 3.05) is 12.8 Å². The summed E-state index contributed by atoms with van der Waals surface area (Å²) in [5.41, 5.74) is 10.2. The average Bonchev–Trinajstić information content (AvgIpc) is 2.30. The maximum Gasteiger partial charge on any atom is 0.0320 e. The molecule has 0 unspecified atom stereocenters. The van der Waals surface area contributed by atoms with Crippen molar-refractivity contribution in [1.82, 2.24) is 5.32 Å². The van der Waals surface area contributed by atoms with Gasteiger partial charge in [0.15, 0.2) is 0 Å². The number of nitrogens with one attached hydrogen (secondary N) is 1. The smallest absolute Gasteiger partial charge is 0.0320 e. The Hall–Kier alpha value is -1.80. The number of nitrogens with two attached hydrogens (primary N) is 1. The maximum atomic E-state index is 5.76. The molecule has 2 heteroatoms. The van der Waals surface area contributed by atoms with E-state index in [1.807, 2.05) is 25.2 Å². The normalized spacial score (nSPS) is 10.3. The summed E-state index contributed by atoms with van der Waals surface area (Å²) in [5, 5.41) is 3.13. The summed E-state index contributed by atoms with van der Waals surface area (Å²) in [6.07, 6.45) is 0. The molecule has 0 spiro atoms. The van der Waals surface area contributed by atoms with Crippen LogP contribution in [0, 0.1) is 0 Å². The molecule has 0 aliphatic heterocycles. The van der Waals surface area contributed by atoms with Gasteiger partial charge in [-0.05, 0) is 35.9 Å². The van der Waals surface area contributed by atoms with Gasteiger partial charge in [-0.3, -0.25) is 0 Å². The van der Waals surface area contributed by atoms with Crippen LogP contribution in [0.5, 0.6) is 0 Å². The molecule has 0 bridgehead atoms. The lowest BCUT2D eigenvalue weighted by atomic mass is 10.0. The van der Waals surface area contributed by atoms with Crippen LogP contribution in [0.15, 0.2) is 48.5 Å². The van der Waals surface area contributed by atoms with Gasteiger partial charge in [-0.15, -0.1) is 0 Å². The molecule has 16 heavy (non-hydrogen) atoms. The third-order valence-corrected chi connectivity index (χ3v) is 2.55. The Morgan fingerprint density at radius 3 is 2.38 bits per heavy atom. The van der Waals surface area contributed by atoms with E-state index < -0.39 is 0 Å². The summed E-state index contributed by atoms with van der Waals surface area (Å²) < 4.78 is 0. The van der Waals surface area contributed by atoms with Crippen LogP contribution in [0.4, 0.5) is 5.69 Å². The van der Waals surface area contributed by atoms with Crippen LogP contribution in [0.25, 0.3) is 11.1 Å². The maximum absolute atomic E-state index is 5.76. The van der Waals surface area contributed by atoms with E-state index >= 15 is 0 Å². The van der Waals surface area contributed by atoms with Crippen molar-refractivity contribution in [1.29, 1.82) is 0 Å². The van der Waals surface area contributed by atoms with Crippen LogP contribution < -0.4 is 11.1 Å². The van der Waals surface area contributed by atoms with Crippen LogP contribution in [0.2, 0.25) is 0 Å². The molecule has 2 aromatic carbocycles. The number of rotatable bonds is 3. The van der Waals surface area contributed by atoms with Crippen molar-refractivity contribution in [3.8, 4) is 11.1 Å². The summed E-state index contributed by atoms with van der Waals surface area (Å²) in [7, 11) is 1.95. The van der Waals surface area contributed by atoms with Crippen molar-refractivity contribution in [3.63, 3.8) is 0 Å². The number of hydrogen-bond donors (Lipinski definition) is 2. The molecule has 0 radical (unpaired) electrons. The summed E-state index contributed by atoms with van der Waals surface area (Å²) in [6, 6.07) is 16.5.